The molecule has 1 atom stereocenters. The Balaban J connectivity index is 2.80. The van der Waals surface area contributed by atoms with Gasteiger partial charge in [0.05, 0.1) is 17.4 Å². The summed E-state index contributed by atoms with van der Waals surface area (Å²) in [4.78, 5) is 11.3. The average molecular weight is 196 g/mol. The second kappa shape index (κ2) is 4.23. The van der Waals surface area contributed by atoms with E-state index in [-0.39, 0.29) is 5.91 Å². The maximum Gasteiger partial charge on any atom is 0.241 e. The molecule has 0 aliphatic rings. The lowest BCUT2D eigenvalue weighted by Crippen LogP contribution is -2.32. The van der Waals surface area contributed by atoms with Crippen LogP contribution in [0.2, 0.25) is 0 Å². The number of nitrogens with one attached hydrogen (secondary N) is 1. The fourth-order valence-corrected chi connectivity index (χ4v) is 1.15. The van der Waals surface area contributed by atoms with Crippen LogP contribution < -0.4 is 11.1 Å². The van der Waals surface area contributed by atoms with Crippen LogP contribution in [0, 0.1) is 0 Å². The number of aryl methyl sites for hydroxylation is 2. The van der Waals surface area contributed by atoms with Crippen LogP contribution in [0.15, 0.2) is 6.20 Å². The van der Waals surface area contributed by atoms with Gasteiger partial charge in [-0.2, -0.15) is 5.10 Å². The monoisotopic (exact) mass is 196 g/mol. The van der Waals surface area contributed by atoms with Gasteiger partial charge in [-0.1, -0.05) is 6.92 Å². The van der Waals surface area contributed by atoms with Gasteiger partial charge < -0.3 is 11.1 Å². The second-order valence-electron chi connectivity index (χ2n) is 3.29. The predicted molar refractivity (Wildman–Crippen MR) is 54.9 cm³/mol. The molecule has 1 unspecified atom stereocenters. The Morgan fingerprint density at radius 1 is 1.79 bits per heavy atom. The van der Waals surface area contributed by atoms with Gasteiger partial charge in [-0.25, -0.2) is 0 Å². The Morgan fingerprint density at radius 3 is 2.93 bits per heavy atom. The molecule has 0 spiro atoms. The first-order valence-electron chi connectivity index (χ1n) is 4.63. The quantitative estimate of drug-likeness (QED) is 0.728. The van der Waals surface area contributed by atoms with E-state index in [0.717, 1.165) is 17.8 Å². The number of hydrogen-bond donors (Lipinski definition) is 2. The van der Waals surface area contributed by atoms with Crippen LogP contribution in [0.5, 0.6) is 0 Å². The Kier molecular flexibility index (Phi) is 3.24. The second-order valence-corrected chi connectivity index (χ2v) is 3.29. The third kappa shape index (κ3) is 2.32. The molecule has 1 heterocycles. The van der Waals surface area contributed by atoms with Crippen LogP contribution in [-0.2, 0) is 18.3 Å². The third-order valence-electron chi connectivity index (χ3n) is 1.91. The maximum absolute atomic E-state index is 11.3. The molecule has 5 heteroatoms. The maximum atomic E-state index is 11.3. The summed E-state index contributed by atoms with van der Waals surface area (Å²) >= 11 is 0. The Hall–Kier alpha value is -1.36. The van der Waals surface area contributed by atoms with Crippen LogP contribution in [0.3, 0.4) is 0 Å². The van der Waals surface area contributed by atoms with Crippen LogP contribution in [0.4, 0.5) is 5.69 Å². The lowest BCUT2D eigenvalue weighted by molar-refractivity contribution is -0.117. The number of nitrogens with zero attached hydrogens (tertiary/aromatic N) is 2. The van der Waals surface area contributed by atoms with Crippen molar-refractivity contribution in [3.05, 3.63) is 11.9 Å². The average Bonchev–Trinajstić information content (AvgIpc) is 2.45. The normalized spacial score (nSPS) is 12.6. The van der Waals surface area contributed by atoms with Crippen molar-refractivity contribution in [2.24, 2.45) is 12.8 Å². The molecule has 1 aromatic rings. The van der Waals surface area contributed by atoms with Crippen molar-refractivity contribution >= 4 is 11.6 Å². The number of carbonyl (C=O) groups excluding carboxylic acids is 1. The highest BCUT2D eigenvalue weighted by Crippen LogP contribution is 2.13. The molecule has 78 valence electrons. The summed E-state index contributed by atoms with van der Waals surface area (Å²) in [5.74, 6) is -0.187. The number of nitrogens with two attached hydrogens (primary N) is 1. The molecule has 0 saturated carbocycles. The smallest absolute Gasteiger partial charge is 0.241 e. The number of carbonyl (C=O) groups is 1. The van der Waals surface area contributed by atoms with Gasteiger partial charge in [0.25, 0.3) is 0 Å². The molecule has 0 aliphatic heterocycles. The molecular weight excluding hydrogens is 180 g/mol. The van der Waals surface area contributed by atoms with Crippen LogP contribution in [0.25, 0.3) is 0 Å². The SMILES string of the molecule is CCc1nn(C)cc1NC(=O)C(C)N. The van der Waals surface area contributed by atoms with Gasteiger partial charge in [0.15, 0.2) is 0 Å². The van der Waals surface area contributed by atoms with Crippen molar-refractivity contribution in [3.8, 4) is 0 Å². The highest BCUT2D eigenvalue weighted by Gasteiger charge is 2.11. The fraction of sp³-hybridized carbons (Fsp3) is 0.556. The first kappa shape index (κ1) is 10.7. The van der Waals surface area contributed by atoms with E-state index in [1.807, 2.05) is 14.0 Å². The number of hydrogen-bond acceptors (Lipinski definition) is 3. The number of aromatic nitrogens is 2. The summed E-state index contributed by atoms with van der Waals surface area (Å²) in [5.41, 5.74) is 7.07. The summed E-state index contributed by atoms with van der Waals surface area (Å²) in [6, 6.07) is -0.500. The highest BCUT2D eigenvalue weighted by atomic mass is 16.2. The molecule has 0 radical (unpaired) electrons. The largest absolute Gasteiger partial charge is 0.322 e. The van der Waals surface area contributed by atoms with Crippen molar-refractivity contribution in [1.29, 1.82) is 0 Å². The molecule has 14 heavy (non-hydrogen) atoms. The molecule has 0 fully saturated rings. The predicted octanol–water partition coefficient (Wildman–Crippen LogP) is 0.268. The molecular formula is C9H16N4O. The van der Waals surface area contributed by atoms with E-state index in [2.05, 4.69) is 10.4 Å². The first-order valence-corrected chi connectivity index (χ1v) is 4.63. The highest BCUT2D eigenvalue weighted by molar-refractivity contribution is 5.94. The van der Waals surface area contributed by atoms with E-state index in [0.29, 0.717) is 0 Å². The van der Waals surface area contributed by atoms with Crippen LogP contribution >= 0.6 is 0 Å². The lowest BCUT2D eigenvalue weighted by Gasteiger charge is -2.06. The van der Waals surface area contributed by atoms with E-state index >= 15 is 0 Å². The van der Waals surface area contributed by atoms with E-state index in [1.165, 1.54) is 0 Å². The van der Waals surface area contributed by atoms with Crippen molar-refractivity contribution in [3.63, 3.8) is 0 Å². The summed E-state index contributed by atoms with van der Waals surface area (Å²) < 4.78 is 1.68. The van der Waals surface area contributed by atoms with E-state index in [4.69, 9.17) is 5.73 Å². The van der Waals surface area contributed by atoms with Gasteiger partial charge >= 0.3 is 0 Å². The molecule has 0 aromatic carbocycles. The summed E-state index contributed by atoms with van der Waals surface area (Å²) in [5, 5.41) is 6.94. The van der Waals surface area contributed by atoms with Gasteiger partial charge in [-0.3, -0.25) is 9.48 Å². The van der Waals surface area contributed by atoms with Crippen molar-refractivity contribution in [2.75, 3.05) is 5.32 Å². The Morgan fingerprint density at radius 2 is 2.43 bits per heavy atom. The van der Waals surface area contributed by atoms with E-state index < -0.39 is 6.04 Å². The van der Waals surface area contributed by atoms with Gasteiger partial charge in [0, 0.05) is 13.2 Å². The van der Waals surface area contributed by atoms with Crippen molar-refractivity contribution in [1.82, 2.24) is 9.78 Å². The van der Waals surface area contributed by atoms with Gasteiger partial charge in [0.1, 0.15) is 0 Å². The van der Waals surface area contributed by atoms with Crippen molar-refractivity contribution < 1.29 is 4.79 Å². The molecule has 0 bridgehead atoms. The Bertz CT molecular complexity index is 330. The van der Waals surface area contributed by atoms with Gasteiger partial charge in [-0.05, 0) is 13.3 Å². The molecule has 1 aromatic heterocycles. The van der Waals surface area contributed by atoms with Crippen LogP contribution in [-0.4, -0.2) is 21.7 Å². The standard InChI is InChI=1S/C9H16N4O/c1-4-7-8(5-13(3)12-7)11-9(14)6(2)10/h5-6H,4,10H2,1-3H3,(H,11,14). The molecule has 1 rings (SSSR count). The molecule has 0 saturated heterocycles. The zero-order chi connectivity index (χ0) is 10.7. The minimum Gasteiger partial charge on any atom is -0.322 e. The first-order chi connectivity index (χ1) is 6.54. The molecule has 3 N–H and O–H groups in total. The van der Waals surface area contributed by atoms with Crippen molar-refractivity contribution in [2.45, 2.75) is 26.3 Å². The molecule has 0 aliphatic carbocycles. The number of amides is 1. The summed E-state index contributed by atoms with van der Waals surface area (Å²) in [7, 11) is 1.82. The lowest BCUT2D eigenvalue weighted by atomic mass is 10.2. The van der Waals surface area contributed by atoms with E-state index in [9.17, 15) is 4.79 Å². The van der Waals surface area contributed by atoms with Gasteiger partial charge in [-0.15, -0.1) is 0 Å². The zero-order valence-corrected chi connectivity index (χ0v) is 8.74. The van der Waals surface area contributed by atoms with Gasteiger partial charge in [0.2, 0.25) is 5.91 Å². The zero-order valence-electron chi connectivity index (χ0n) is 8.74. The summed E-state index contributed by atoms with van der Waals surface area (Å²) in [6.45, 7) is 3.64. The third-order valence-corrected chi connectivity index (χ3v) is 1.91. The van der Waals surface area contributed by atoms with Crippen LogP contribution in [0.1, 0.15) is 19.5 Å². The molecule has 5 nitrogen and oxygen atoms in total. The topological polar surface area (TPSA) is 72.9 Å². The minimum atomic E-state index is -0.500. The van der Waals surface area contributed by atoms with E-state index in [1.54, 1.807) is 17.8 Å². The number of rotatable bonds is 3. The number of anilines is 1. The molecule has 1 amide bonds. The summed E-state index contributed by atoms with van der Waals surface area (Å²) in [6.07, 6.45) is 2.56. The Labute approximate surface area is 83.3 Å². The fourth-order valence-electron chi connectivity index (χ4n) is 1.15. The minimum absolute atomic E-state index is 0.187.